The number of benzene rings is 5. The highest BCUT2D eigenvalue weighted by molar-refractivity contribution is 7.99. The third kappa shape index (κ3) is 8.03. The quantitative estimate of drug-likeness (QED) is 0.0752. The van der Waals surface area contributed by atoms with Crippen molar-refractivity contribution in [2.24, 2.45) is 0 Å². The third-order valence-corrected chi connectivity index (χ3v) is 9.64. The molecule has 7 nitrogen and oxygen atoms in total. The fourth-order valence-electron chi connectivity index (χ4n) is 5.93. The summed E-state index contributed by atoms with van der Waals surface area (Å²) < 4.78 is 13.6. The van der Waals surface area contributed by atoms with Crippen LogP contribution in [0.2, 0.25) is 0 Å². The summed E-state index contributed by atoms with van der Waals surface area (Å²) in [5.74, 6) is 0.285. The monoisotopic (exact) mass is 658 g/mol. The second kappa shape index (κ2) is 15.4. The van der Waals surface area contributed by atoms with Gasteiger partial charge in [-0.15, -0.1) is 11.8 Å². The number of nitrogens with one attached hydrogen (secondary N) is 1. The van der Waals surface area contributed by atoms with Gasteiger partial charge in [-0.05, 0) is 53.4 Å². The van der Waals surface area contributed by atoms with Gasteiger partial charge in [0.1, 0.15) is 0 Å². The van der Waals surface area contributed by atoms with Gasteiger partial charge in [-0.25, -0.2) is 0 Å². The molecule has 0 radical (unpaired) electrons. The number of hydrogen-bond acceptors (Lipinski definition) is 7. The number of aliphatic hydroxyl groups excluding tert-OH is 1. The van der Waals surface area contributed by atoms with E-state index in [1.54, 1.807) is 36.0 Å². The van der Waals surface area contributed by atoms with Gasteiger partial charge in [0, 0.05) is 39.1 Å². The summed E-state index contributed by atoms with van der Waals surface area (Å²) in [5.41, 5.74) is 12.8. The molecular formula is C40H38N2O5S. The van der Waals surface area contributed by atoms with Crippen LogP contribution in [-0.4, -0.2) is 28.7 Å². The number of hydrogen-bond donors (Lipinski definition) is 3. The fraction of sp³-hybridized carbons (Fsp3) is 0.200. The molecule has 1 aliphatic heterocycles. The number of amides is 1. The number of thioether (sulfide) groups is 1. The van der Waals surface area contributed by atoms with Crippen molar-refractivity contribution in [3.8, 4) is 0 Å². The number of nitrogen functional groups attached to an aromatic ring is 1. The molecule has 48 heavy (non-hydrogen) atoms. The van der Waals surface area contributed by atoms with Crippen molar-refractivity contribution in [3.63, 3.8) is 0 Å². The van der Waals surface area contributed by atoms with Gasteiger partial charge >= 0.3 is 0 Å². The van der Waals surface area contributed by atoms with E-state index >= 15 is 0 Å². The number of carbonyl (C=O) groups excluding carboxylic acids is 2. The first-order valence-corrected chi connectivity index (χ1v) is 16.9. The van der Waals surface area contributed by atoms with Gasteiger partial charge < -0.3 is 25.6 Å². The third-order valence-electron chi connectivity index (χ3n) is 8.46. The average molecular weight is 659 g/mol. The summed E-state index contributed by atoms with van der Waals surface area (Å²) in [6, 6.07) is 40.6. The molecule has 1 fully saturated rings. The van der Waals surface area contributed by atoms with Crippen LogP contribution in [0.5, 0.6) is 0 Å². The molecule has 5 aromatic carbocycles. The smallest absolute Gasteiger partial charge is 0.228 e. The van der Waals surface area contributed by atoms with Crippen LogP contribution < -0.4 is 11.1 Å². The molecule has 0 saturated carbocycles. The zero-order valence-electron chi connectivity index (χ0n) is 26.6. The molecular weight excluding hydrogens is 621 g/mol. The number of Topliss-reactive ketones (excluding diaryl/α,β-unsaturated/α-hetero) is 1. The Morgan fingerprint density at radius 2 is 1.46 bits per heavy atom. The minimum Gasteiger partial charge on any atom is -0.398 e. The highest BCUT2D eigenvalue weighted by atomic mass is 32.2. The van der Waals surface area contributed by atoms with Gasteiger partial charge in [0.05, 0.1) is 25.2 Å². The summed E-state index contributed by atoms with van der Waals surface area (Å²) >= 11 is 1.66. The summed E-state index contributed by atoms with van der Waals surface area (Å²) in [4.78, 5) is 25.6. The normalized spacial score (nSPS) is 19.0. The molecule has 1 saturated heterocycles. The van der Waals surface area contributed by atoms with E-state index in [1.165, 1.54) is 6.92 Å². The minimum absolute atomic E-state index is 0.0351. The van der Waals surface area contributed by atoms with Crippen molar-refractivity contribution in [2.45, 2.75) is 49.3 Å². The standard InChI is InChI=1S/C40H38N2O5S/c1-26(44)32-10-7-11-33(23-32)42-37(45)22-27-14-20-31(21-15-27)40-46-35(25-48-36-13-6-5-12-34(36)41)38(29-8-3-2-4-9-29)39(47-40)30-18-16-28(24-43)17-19-30/h2-21,23,35,38-40,43H,22,24-25,41H2,1H3,(H,42,45)/t35-,38-,39+,40?/m1/s1. The van der Waals surface area contributed by atoms with E-state index in [-0.39, 0.29) is 42.8 Å². The Kier molecular flexibility index (Phi) is 10.7. The van der Waals surface area contributed by atoms with Gasteiger partial charge in [0.15, 0.2) is 12.1 Å². The summed E-state index contributed by atoms with van der Waals surface area (Å²) in [6.45, 7) is 1.46. The number of anilines is 2. The maximum atomic E-state index is 12.8. The molecule has 0 aromatic heterocycles. The van der Waals surface area contributed by atoms with Crippen molar-refractivity contribution < 1.29 is 24.2 Å². The number of carbonyl (C=O) groups is 2. The second-order valence-corrected chi connectivity index (χ2v) is 12.9. The molecule has 6 rings (SSSR count). The Balaban J connectivity index is 1.26. The maximum Gasteiger partial charge on any atom is 0.228 e. The lowest BCUT2D eigenvalue weighted by molar-refractivity contribution is -0.255. The first-order chi connectivity index (χ1) is 23.4. The summed E-state index contributed by atoms with van der Waals surface area (Å²) in [6.07, 6.45) is -1.07. The Bertz CT molecular complexity index is 1850. The Morgan fingerprint density at radius 3 is 2.17 bits per heavy atom. The Hall–Kier alpha value is -4.73. The molecule has 0 spiro atoms. The number of ketones is 1. The molecule has 8 heteroatoms. The van der Waals surface area contributed by atoms with Crippen molar-refractivity contribution in [3.05, 3.63) is 161 Å². The predicted molar refractivity (Wildman–Crippen MR) is 190 cm³/mol. The molecule has 244 valence electrons. The largest absolute Gasteiger partial charge is 0.398 e. The minimum atomic E-state index is -0.664. The highest BCUT2D eigenvalue weighted by Gasteiger charge is 2.42. The molecule has 4 N–H and O–H groups in total. The number of ether oxygens (including phenoxy) is 2. The van der Waals surface area contributed by atoms with E-state index in [1.807, 2.05) is 91.0 Å². The van der Waals surface area contributed by atoms with Crippen LogP contribution in [0.3, 0.4) is 0 Å². The maximum absolute atomic E-state index is 12.8. The fourth-order valence-corrected chi connectivity index (χ4v) is 6.97. The van der Waals surface area contributed by atoms with E-state index in [0.29, 0.717) is 17.0 Å². The lowest BCUT2D eigenvalue weighted by atomic mass is 9.84. The van der Waals surface area contributed by atoms with Crippen LogP contribution in [0, 0.1) is 0 Å². The van der Waals surface area contributed by atoms with Crippen molar-refractivity contribution in [1.82, 2.24) is 0 Å². The average Bonchev–Trinajstić information content (AvgIpc) is 3.11. The predicted octanol–water partition coefficient (Wildman–Crippen LogP) is 7.88. The zero-order valence-corrected chi connectivity index (χ0v) is 27.4. The van der Waals surface area contributed by atoms with Crippen molar-refractivity contribution in [2.75, 3.05) is 16.8 Å². The molecule has 1 unspecified atom stereocenters. The van der Waals surface area contributed by atoms with Gasteiger partial charge in [0.25, 0.3) is 0 Å². The SMILES string of the molecule is CC(=O)c1cccc(NC(=O)Cc2ccc(C3O[C@H](CSc4ccccc4N)[C@@H](c4ccccc4)[C@H](c4ccc(CO)cc4)O3)cc2)c1. The lowest BCUT2D eigenvalue weighted by Crippen LogP contribution is -2.38. The van der Waals surface area contributed by atoms with E-state index in [9.17, 15) is 14.7 Å². The molecule has 1 heterocycles. The number of aliphatic hydroxyl groups is 1. The van der Waals surface area contributed by atoms with E-state index in [0.717, 1.165) is 38.4 Å². The van der Waals surface area contributed by atoms with Crippen molar-refractivity contribution in [1.29, 1.82) is 0 Å². The van der Waals surface area contributed by atoms with Crippen LogP contribution in [0.4, 0.5) is 11.4 Å². The number of nitrogens with two attached hydrogens (primary N) is 1. The number of rotatable bonds is 11. The van der Waals surface area contributed by atoms with Gasteiger partial charge in [-0.3, -0.25) is 9.59 Å². The highest BCUT2D eigenvalue weighted by Crippen LogP contribution is 2.48. The first-order valence-electron chi connectivity index (χ1n) is 15.9. The van der Waals surface area contributed by atoms with Crippen LogP contribution in [0.25, 0.3) is 0 Å². The van der Waals surface area contributed by atoms with Gasteiger partial charge in [0.2, 0.25) is 5.91 Å². The van der Waals surface area contributed by atoms with Crippen LogP contribution >= 0.6 is 11.8 Å². The molecule has 0 aliphatic carbocycles. The first kappa shape index (κ1) is 33.2. The van der Waals surface area contributed by atoms with Crippen LogP contribution in [0.15, 0.2) is 132 Å². The topological polar surface area (TPSA) is 111 Å². The molecule has 4 atom stereocenters. The molecule has 1 aliphatic rings. The Morgan fingerprint density at radius 1 is 0.771 bits per heavy atom. The Labute approximate surface area is 285 Å². The van der Waals surface area contributed by atoms with E-state index < -0.39 is 6.29 Å². The van der Waals surface area contributed by atoms with Crippen LogP contribution in [0.1, 0.15) is 63.4 Å². The van der Waals surface area contributed by atoms with Gasteiger partial charge in [-0.1, -0.05) is 103 Å². The summed E-state index contributed by atoms with van der Waals surface area (Å²) in [7, 11) is 0. The lowest BCUT2D eigenvalue weighted by Gasteiger charge is -2.43. The number of para-hydroxylation sites is 1. The molecule has 5 aromatic rings. The van der Waals surface area contributed by atoms with Crippen LogP contribution in [-0.2, 0) is 27.3 Å². The molecule has 1 amide bonds. The van der Waals surface area contributed by atoms with Crippen molar-refractivity contribution >= 4 is 34.8 Å². The second-order valence-electron chi connectivity index (χ2n) is 11.9. The zero-order chi connectivity index (χ0) is 33.5. The molecule has 0 bridgehead atoms. The van der Waals surface area contributed by atoms with Gasteiger partial charge in [-0.2, -0.15) is 0 Å². The van der Waals surface area contributed by atoms with E-state index in [2.05, 4.69) is 17.4 Å². The van der Waals surface area contributed by atoms with E-state index in [4.69, 9.17) is 15.2 Å². The summed E-state index contributed by atoms with van der Waals surface area (Å²) in [5, 5.41) is 12.6.